The molecule has 3 N–H and O–H groups in total. The van der Waals surface area contributed by atoms with Gasteiger partial charge in [0.25, 0.3) is 0 Å². The van der Waals surface area contributed by atoms with E-state index in [0.29, 0.717) is 13.1 Å². The lowest BCUT2D eigenvalue weighted by Gasteiger charge is -2.13. The van der Waals surface area contributed by atoms with Gasteiger partial charge in [-0.05, 0) is 25.7 Å². The van der Waals surface area contributed by atoms with Crippen LogP contribution in [0.5, 0.6) is 0 Å². The summed E-state index contributed by atoms with van der Waals surface area (Å²) in [5, 5.41) is 6.52. The minimum absolute atomic E-state index is 0.129. The molecule has 1 fully saturated rings. The van der Waals surface area contributed by atoms with Crippen molar-refractivity contribution in [2.24, 2.45) is 10.9 Å². The Balaban J connectivity index is 1.99. The van der Waals surface area contributed by atoms with Gasteiger partial charge < -0.3 is 10.6 Å². The normalized spacial score (nSPS) is 16.7. The number of hydrogen-bond acceptors (Lipinski definition) is 3. The maximum atomic E-state index is 11.3. The van der Waals surface area contributed by atoms with Crippen LogP contribution in [0.3, 0.4) is 0 Å². The lowest BCUT2D eigenvalue weighted by atomic mass is 10.0. The van der Waals surface area contributed by atoms with Crippen molar-refractivity contribution in [1.82, 2.24) is 15.4 Å². The summed E-state index contributed by atoms with van der Waals surface area (Å²) in [5.41, 5.74) is 0. The Kier molecular flexibility index (Phi) is 10.3. The smallest absolute Gasteiger partial charge is 0.211 e. The van der Waals surface area contributed by atoms with Crippen LogP contribution in [0.1, 0.15) is 58.3 Å². The van der Waals surface area contributed by atoms with Crippen molar-refractivity contribution >= 4 is 16.0 Å². The van der Waals surface area contributed by atoms with Gasteiger partial charge in [0.05, 0.1) is 5.75 Å². The first kappa shape index (κ1) is 20.2. The number of hydrogen-bond donors (Lipinski definition) is 3. The van der Waals surface area contributed by atoms with Gasteiger partial charge in [-0.2, -0.15) is 0 Å². The first-order valence-corrected chi connectivity index (χ1v) is 10.6. The number of unbranched alkanes of at least 4 members (excludes halogenated alkanes) is 1. The molecule has 7 heteroatoms. The number of nitrogens with one attached hydrogen (secondary N) is 3. The molecule has 1 rings (SSSR count). The summed E-state index contributed by atoms with van der Waals surface area (Å²) in [6, 6.07) is 0. The Bertz CT molecular complexity index is 431. The molecule has 0 radical (unpaired) electrons. The Morgan fingerprint density at radius 2 is 1.70 bits per heavy atom. The van der Waals surface area contributed by atoms with E-state index in [0.717, 1.165) is 24.8 Å². The summed E-state index contributed by atoms with van der Waals surface area (Å²) in [4.78, 5) is 4.18. The topological polar surface area (TPSA) is 82.6 Å². The zero-order chi connectivity index (χ0) is 17.0. The fourth-order valence-electron chi connectivity index (χ4n) is 2.91. The fraction of sp³-hybridized carbons (Fsp3) is 0.938. The molecule has 0 unspecified atom stereocenters. The van der Waals surface area contributed by atoms with E-state index in [4.69, 9.17) is 0 Å². The first-order chi connectivity index (χ1) is 11.1. The molecule has 0 heterocycles. The van der Waals surface area contributed by atoms with Crippen molar-refractivity contribution < 1.29 is 8.42 Å². The molecule has 0 bridgehead atoms. The lowest BCUT2D eigenvalue weighted by Crippen LogP contribution is -2.39. The third kappa shape index (κ3) is 9.81. The third-order valence-corrected chi connectivity index (χ3v) is 5.78. The summed E-state index contributed by atoms with van der Waals surface area (Å²) in [5.74, 6) is 1.90. The van der Waals surface area contributed by atoms with Gasteiger partial charge in [-0.15, -0.1) is 0 Å². The molecule has 6 nitrogen and oxygen atoms in total. The zero-order valence-corrected chi connectivity index (χ0v) is 15.6. The van der Waals surface area contributed by atoms with Gasteiger partial charge in [0.2, 0.25) is 10.0 Å². The molecule has 0 aromatic heterocycles. The van der Waals surface area contributed by atoms with Crippen molar-refractivity contribution in [3.05, 3.63) is 0 Å². The van der Waals surface area contributed by atoms with Crippen LogP contribution in [-0.4, -0.2) is 46.8 Å². The largest absolute Gasteiger partial charge is 0.356 e. The molecule has 23 heavy (non-hydrogen) atoms. The molecule has 0 aromatic carbocycles. The number of rotatable bonds is 11. The fourth-order valence-corrected chi connectivity index (χ4v) is 3.57. The van der Waals surface area contributed by atoms with Crippen molar-refractivity contribution in [2.45, 2.75) is 58.3 Å². The summed E-state index contributed by atoms with van der Waals surface area (Å²) < 4.78 is 25.1. The second-order valence-electron chi connectivity index (χ2n) is 6.22. The highest BCUT2D eigenvalue weighted by molar-refractivity contribution is 7.89. The highest BCUT2D eigenvalue weighted by Crippen LogP contribution is 2.28. The van der Waals surface area contributed by atoms with Gasteiger partial charge in [-0.1, -0.05) is 38.5 Å². The molecule has 0 spiro atoms. The molecule has 1 aliphatic carbocycles. The van der Waals surface area contributed by atoms with Crippen LogP contribution >= 0.6 is 0 Å². The second-order valence-corrected chi connectivity index (χ2v) is 8.32. The van der Waals surface area contributed by atoms with Crippen LogP contribution in [0.2, 0.25) is 0 Å². The molecule has 0 saturated heterocycles. The van der Waals surface area contributed by atoms with Crippen LogP contribution in [0, 0.1) is 5.92 Å². The maximum absolute atomic E-state index is 11.3. The summed E-state index contributed by atoms with van der Waals surface area (Å²) in [6.45, 7) is 3.74. The monoisotopic (exact) mass is 346 g/mol. The van der Waals surface area contributed by atoms with E-state index in [-0.39, 0.29) is 5.75 Å². The minimum Gasteiger partial charge on any atom is -0.356 e. The molecule has 0 aliphatic heterocycles. The quantitative estimate of drug-likeness (QED) is 0.303. The van der Waals surface area contributed by atoms with E-state index in [9.17, 15) is 8.42 Å². The Labute approximate surface area is 142 Å². The molecule has 1 aliphatic rings. The van der Waals surface area contributed by atoms with Gasteiger partial charge in [0.15, 0.2) is 5.96 Å². The van der Waals surface area contributed by atoms with Crippen LogP contribution < -0.4 is 15.4 Å². The Morgan fingerprint density at radius 3 is 2.30 bits per heavy atom. The van der Waals surface area contributed by atoms with Crippen molar-refractivity contribution in [3.63, 3.8) is 0 Å². The van der Waals surface area contributed by atoms with E-state index in [1.165, 1.54) is 44.9 Å². The van der Waals surface area contributed by atoms with Gasteiger partial charge in [0.1, 0.15) is 0 Å². The zero-order valence-electron chi connectivity index (χ0n) is 14.7. The van der Waals surface area contributed by atoms with Crippen LogP contribution in [0.25, 0.3) is 0 Å². The first-order valence-electron chi connectivity index (χ1n) is 8.99. The number of guanidine groups is 1. The van der Waals surface area contributed by atoms with Crippen LogP contribution in [0.15, 0.2) is 4.99 Å². The average molecular weight is 347 g/mol. The number of nitrogens with zero attached hydrogens (tertiary/aromatic N) is 1. The summed E-state index contributed by atoms with van der Waals surface area (Å²) in [6.07, 6.45) is 10.3. The van der Waals surface area contributed by atoms with Crippen molar-refractivity contribution in [3.8, 4) is 0 Å². The van der Waals surface area contributed by atoms with E-state index >= 15 is 0 Å². The predicted octanol–water partition coefficient (Wildman–Crippen LogP) is 1.84. The van der Waals surface area contributed by atoms with Crippen LogP contribution in [-0.2, 0) is 10.0 Å². The highest BCUT2D eigenvalue weighted by atomic mass is 32.2. The van der Waals surface area contributed by atoms with E-state index in [2.05, 4.69) is 20.3 Å². The Hall–Kier alpha value is -0.820. The van der Waals surface area contributed by atoms with Crippen molar-refractivity contribution in [1.29, 1.82) is 0 Å². The van der Waals surface area contributed by atoms with Gasteiger partial charge in [-0.3, -0.25) is 4.99 Å². The Morgan fingerprint density at radius 1 is 1.04 bits per heavy atom. The standard InChI is InChI=1S/C16H34N4O2S/c1-3-23(21,22)20-14-8-13-19-16(17-2)18-12-7-6-11-15-9-4-5-10-15/h15,20H,3-14H2,1-2H3,(H2,17,18,19). The molecular weight excluding hydrogens is 312 g/mol. The van der Waals surface area contributed by atoms with Gasteiger partial charge in [0, 0.05) is 26.7 Å². The summed E-state index contributed by atoms with van der Waals surface area (Å²) >= 11 is 0. The minimum atomic E-state index is -3.08. The second kappa shape index (κ2) is 11.7. The van der Waals surface area contributed by atoms with E-state index in [1.54, 1.807) is 14.0 Å². The maximum Gasteiger partial charge on any atom is 0.211 e. The third-order valence-electron chi connectivity index (χ3n) is 4.38. The molecule has 136 valence electrons. The summed E-state index contributed by atoms with van der Waals surface area (Å²) in [7, 11) is -1.32. The van der Waals surface area contributed by atoms with Crippen molar-refractivity contribution in [2.75, 3.05) is 32.4 Å². The molecule has 0 amide bonds. The molecule has 1 saturated carbocycles. The van der Waals surface area contributed by atoms with Crippen LogP contribution in [0.4, 0.5) is 0 Å². The molecule has 0 aromatic rings. The number of sulfonamides is 1. The molecule has 0 atom stereocenters. The SMILES string of the molecule is CCS(=O)(=O)NCCCNC(=NC)NCCCCC1CCCC1. The number of aliphatic imine (C=N–C) groups is 1. The lowest BCUT2D eigenvalue weighted by molar-refractivity contribution is 0.472. The van der Waals surface area contributed by atoms with Gasteiger partial charge in [-0.25, -0.2) is 13.1 Å². The van der Waals surface area contributed by atoms with Gasteiger partial charge >= 0.3 is 0 Å². The highest BCUT2D eigenvalue weighted by Gasteiger charge is 2.13. The van der Waals surface area contributed by atoms with E-state index in [1.807, 2.05) is 0 Å². The molecular formula is C16H34N4O2S. The van der Waals surface area contributed by atoms with E-state index < -0.39 is 10.0 Å². The average Bonchev–Trinajstić information content (AvgIpc) is 3.05. The predicted molar refractivity (Wildman–Crippen MR) is 97.3 cm³/mol.